The summed E-state index contributed by atoms with van der Waals surface area (Å²) in [7, 11) is 0. The van der Waals surface area contributed by atoms with Crippen molar-refractivity contribution < 1.29 is 22.3 Å². The van der Waals surface area contributed by atoms with Gasteiger partial charge in [-0.3, -0.25) is 0 Å². The Bertz CT molecular complexity index is 389. The highest BCUT2D eigenvalue weighted by Crippen LogP contribution is 2.23. The first-order chi connectivity index (χ1) is 8.33. The number of alkyl halides is 4. The van der Waals surface area contributed by atoms with Gasteiger partial charge in [0.15, 0.2) is 0 Å². The Morgan fingerprint density at radius 1 is 1.33 bits per heavy atom. The monoisotopic (exact) mass is 285 g/mol. The Morgan fingerprint density at radius 2 is 2.00 bits per heavy atom. The van der Waals surface area contributed by atoms with Gasteiger partial charge in [-0.15, -0.1) is 0 Å². The molecular weight excluding hydrogens is 274 g/mol. The first kappa shape index (κ1) is 15.2. The molecular formula is C11H12ClF4NO. The summed E-state index contributed by atoms with van der Waals surface area (Å²) >= 11 is 5.72. The number of benzene rings is 1. The number of ether oxygens (including phenoxy) is 1. The van der Waals surface area contributed by atoms with Gasteiger partial charge >= 0.3 is 12.3 Å². The van der Waals surface area contributed by atoms with Crippen LogP contribution in [0.2, 0.25) is 5.02 Å². The third-order valence-corrected chi connectivity index (χ3v) is 2.42. The summed E-state index contributed by atoms with van der Waals surface area (Å²) < 4.78 is 53.2. The Kier molecular flexibility index (Phi) is 5.37. The lowest BCUT2D eigenvalue weighted by atomic mass is 10.1. The molecule has 102 valence electrons. The van der Waals surface area contributed by atoms with E-state index in [2.05, 4.69) is 4.74 Å². The Balaban J connectivity index is 2.45. The molecule has 0 aliphatic heterocycles. The average molecular weight is 286 g/mol. The van der Waals surface area contributed by atoms with Crippen LogP contribution in [0.4, 0.5) is 17.6 Å². The van der Waals surface area contributed by atoms with Crippen molar-refractivity contribution >= 4 is 11.6 Å². The van der Waals surface area contributed by atoms with Crippen molar-refractivity contribution in [2.45, 2.75) is 18.4 Å². The van der Waals surface area contributed by atoms with Crippen LogP contribution >= 0.6 is 11.6 Å². The summed E-state index contributed by atoms with van der Waals surface area (Å²) in [5, 5.41) is 0.445. The highest BCUT2D eigenvalue weighted by molar-refractivity contribution is 6.30. The lowest BCUT2D eigenvalue weighted by Gasteiger charge is -2.17. The number of hydrogen-bond acceptors (Lipinski definition) is 2. The number of halogens is 5. The van der Waals surface area contributed by atoms with E-state index >= 15 is 0 Å². The summed E-state index contributed by atoms with van der Waals surface area (Å²) in [5.41, 5.74) is 6.24. The molecule has 0 aliphatic carbocycles. The molecule has 2 N–H and O–H groups in total. The molecule has 0 radical (unpaired) electrons. The minimum absolute atomic E-state index is 0.289. The molecule has 1 aromatic carbocycles. The molecule has 1 aromatic rings. The van der Waals surface area contributed by atoms with E-state index in [-0.39, 0.29) is 6.61 Å². The Morgan fingerprint density at radius 3 is 2.56 bits per heavy atom. The first-order valence-corrected chi connectivity index (χ1v) is 5.45. The molecule has 0 aromatic heterocycles. The number of hydrogen-bond donors (Lipinski definition) is 1. The van der Waals surface area contributed by atoms with Crippen LogP contribution in [0.1, 0.15) is 11.6 Å². The van der Waals surface area contributed by atoms with Gasteiger partial charge < -0.3 is 10.5 Å². The topological polar surface area (TPSA) is 35.2 Å². The average Bonchev–Trinajstić information content (AvgIpc) is 2.28. The molecule has 0 saturated carbocycles. The lowest BCUT2D eigenvalue weighted by Crippen LogP contribution is -2.33. The van der Waals surface area contributed by atoms with E-state index in [4.69, 9.17) is 17.3 Å². The fourth-order valence-corrected chi connectivity index (χ4v) is 1.42. The van der Waals surface area contributed by atoms with Gasteiger partial charge in [-0.2, -0.15) is 8.78 Å². The van der Waals surface area contributed by atoms with E-state index in [9.17, 15) is 17.6 Å². The van der Waals surface area contributed by atoms with Crippen molar-refractivity contribution in [1.29, 1.82) is 0 Å². The molecule has 0 fully saturated rings. The third kappa shape index (κ3) is 4.44. The van der Waals surface area contributed by atoms with E-state index in [1.54, 1.807) is 24.3 Å². The van der Waals surface area contributed by atoms with Gasteiger partial charge in [0, 0.05) is 5.02 Å². The van der Waals surface area contributed by atoms with Crippen LogP contribution in [0.15, 0.2) is 24.3 Å². The summed E-state index contributed by atoms with van der Waals surface area (Å²) in [4.78, 5) is 0. The van der Waals surface area contributed by atoms with Crippen LogP contribution in [0.25, 0.3) is 0 Å². The van der Waals surface area contributed by atoms with Crippen molar-refractivity contribution in [2.24, 2.45) is 5.73 Å². The summed E-state index contributed by atoms with van der Waals surface area (Å²) in [5.74, 6) is -4.16. The standard InChI is InChI=1S/C11H12ClF4NO/c12-8-3-1-2-7(4-8)9(17)5-18-6-11(15,16)10(13)14/h1-4,9-10H,5-6,17H2. The van der Waals surface area contributed by atoms with E-state index < -0.39 is 25.0 Å². The smallest absolute Gasteiger partial charge is 0.330 e. The Hall–Kier alpha value is -0.850. The zero-order chi connectivity index (χ0) is 13.8. The maximum Gasteiger partial charge on any atom is 0.330 e. The molecule has 2 nitrogen and oxygen atoms in total. The largest absolute Gasteiger partial charge is 0.373 e. The van der Waals surface area contributed by atoms with Gasteiger partial charge in [0.2, 0.25) is 0 Å². The van der Waals surface area contributed by atoms with Crippen LogP contribution in [0.5, 0.6) is 0 Å². The minimum atomic E-state index is -4.16. The van der Waals surface area contributed by atoms with Crippen molar-refractivity contribution in [1.82, 2.24) is 0 Å². The normalized spacial score (nSPS) is 13.9. The minimum Gasteiger partial charge on any atom is -0.373 e. The SMILES string of the molecule is NC(COCC(F)(F)C(F)F)c1cccc(Cl)c1. The fourth-order valence-electron chi connectivity index (χ4n) is 1.22. The molecule has 0 spiro atoms. The lowest BCUT2D eigenvalue weighted by molar-refractivity contribution is -0.166. The van der Waals surface area contributed by atoms with Gasteiger partial charge in [0.25, 0.3) is 0 Å². The van der Waals surface area contributed by atoms with E-state index in [1.807, 2.05) is 0 Å². The van der Waals surface area contributed by atoms with Crippen molar-refractivity contribution in [2.75, 3.05) is 13.2 Å². The zero-order valence-corrected chi connectivity index (χ0v) is 10.0. The molecule has 1 atom stereocenters. The van der Waals surface area contributed by atoms with Gasteiger partial charge in [-0.25, -0.2) is 8.78 Å². The Labute approximate surface area is 107 Å². The maximum atomic E-state index is 12.5. The van der Waals surface area contributed by atoms with Crippen molar-refractivity contribution in [3.05, 3.63) is 34.9 Å². The molecule has 0 saturated heterocycles. The predicted molar refractivity (Wildman–Crippen MR) is 60.2 cm³/mol. The highest BCUT2D eigenvalue weighted by atomic mass is 35.5. The second kappa shape index (κ2) is 6.36. The second-order valence-corrected chi connectivity index (χ2v) is 4.17. The quantitative estimate of drug-likeness (QED) is 0.814. The maximum absolute atomic E-state index is 12.5. The molecule has 0 heterocycles. The summed E-state index contributed by atoms with van der Waals surface area (Å²) in [6.45, 7) is -1.65. The number of nitrogens with two attached hydrogens (primary N) is 1. The van der Waals surface area contributed by atoms with Crippen LogP contribution in [-0.2, 0) is 4.74 Å². The van der Waals surface area contributed by atoms with E-state index in [0.717, 1.165) is 0 Å². The summed E-state index contributed by atoms with van der Waals surface area (Å²) in [6.07, 6.45) is -3.75. The molecule has 1 unspecified atom stereocenters. The molecule has 1 rings (SSSR count). The van der Waals surface area contributed by atoms with E-state index in [0.29, 0.717) is 10.6 Å². The predicted octanol–water partition coefficient (Wildman–Crippen LogP) is 3.26. The number of rotatable bonds is 6. The molecule has 0 aliphatic rings. The van der Waals surface area contributed by atoms with Crippen molar-refractivity contribution in [3.63, 3.8) is 0 Å². The molecule has 0 amide bonds. The van der Waals surface area contributed by atoms with Crippen LogP contribution < -0.4 is 5.73 Å². The van der Waals surface area contributed by atoms with E-state index in [1.165, 1.54) is 0 Å². The molecule has 7 heteroatoms. The van der Waals surface area contributed by atoms with Gasteiger partial charge in [0.1, 0.15) is 6.61 Å². The van der Waals surface area contributed by atoms with Gasteiger partial charge in [0.05, 0.1) is 12.6 Å². The van der Waals surface area contributed by atoms with Gasteiger partial charge in [-0.05, 0) is 17.7 Å². The first-order valence-electron chi connectivity index (χ1n) is 5.07. The van der Waals surface area contributed by atoms with Gasteiger partial charge in [-0.1, -0.05) is 23.7 Å². The molecule has 18 heavy (non-hydrogen) atoms. The second-order valence-electron chi connectivity index (χ2n) is 3.74. The zero-order valence-electron chi connectivity index (χ0n) is 9.25. The van der Waals surface area contributed by atoms with Crippen LogP contribution in [0.3, 0.4) is 0 Å². The molecule has 0 bridgehead atoms. The third-order valence-electron chi connectivity index (χ3n) is 2.19. The van der Waals surface area contributed by atoms with Crippen LogP contribution in [-0.4, -0.2) is 25.6 Å². The summed E-state index contributed by atoms with van der Waals surface area (Å²) in [6, 6.07) is 5.78. The van der Waals surface area contributed by atoms with Crippen LogP contribution in [0, 0.1) is 0 Å². The fraction of sp³-hybridized carbons (Fsp3) is 0.455. The van der Waals surface area contributed by atoms with Crippen molar-refractivity contribution in [3.8, 4) is 0 Å². The highest BCUT2D eigenvalue weighted by Gasteiger charge is 2.41.